The first-order chi connectivity index (χ1) is 16.4. The van der Waals surface area contributed by atoms with Gasteiger partial charge in [-0.25, -0.2) is 9.18 Å². The van der Waals surface area contributed by atoms with Crippen LogP contribution in [-0.2, 0) is 11.8 Å². The molecule has 186 valence electrons. The van der Waals surface area contributed by atoms with Gasteiger partial charge in [-0.1, -0.05) is 17.7 Å². The number of carbonyl (C=O) groups excluding carboxylic acids is 2. The fourth-order valence-electron chi connectivity index (χ4n) is 3.08. The van der Waals surface area contributed by atoms with Crippen LogP contribution in [0.5, 0.6) is 11.5 Å². The van der Waals surface area contributed by atoms with Crippen LogP contribution in [0.25, 0.3) is 11.3 Å². The number of amides is 1. The Morgan fingerprint density at radius 2 is 1.94 bits per heavy atom. The van der Waals surface area contributed by atoms with Crippen LogP contribution in [-0.4, -0.2) is 41.0 Å². The lowest BCUT2D eigenvalue weighted by Crippen LogP contribution is -2.29. The summed E-state index contributed by atoms with van der Waals surface area (Å²) in [6.07, 6.45) is -3.98. The van der Waals surface area contributed by atoms with Crippen LogP contribution in [0.15, 0.2) is 36.5 Å². The number of benzene rings is 2. The highest BCUT2D eigenvalue weighted by atomic mass is 35.5. The number of hydrogen-bond donors (Lipinski definition) is 2. The first-order valence-corrected chi connectivity index (χ1v) is 10.4. The monoisotopic (exact) mass is 514 g/mol. The van der Waals surface area contributed by atoms with Crippen LogP contribution in [0.3, 0.4) is 0 Å². The van der Waals surface area contributed by atoms with Crippen LogP contribution < -0.4 is 20.5 Å². The minimum atomic E-state index is -5.39. The van der Waals surface area contributed by atoms with Gasteiger partial charge in [0.05, 0.1) is 22.5 Å². The first-order valence-electron chi connectivity index (χ1n) is 9.98. The zero-order valence-corrected chi connectivity index (χ0v) is 19.1. The Bertz CT molecular complexity index is 1260. The number of nitrogens with two attached hydrogens (primary N) is 1. The molecule has 13 heteroatoms. The highest BCUT2D eigenvalue weighted by molar-refractivity contribution is 6.33. The summed E-state index contributed by atoms with van der Waals surface area (Å²) in [6.45, 7) is 1.66. The summed E-state index contributed by atoms with van der Waals surface area (Å²) < 4.78 is 63.9. The number of ether oxygens (including phenoxy) is 2. The standard InChI is InChI=1S/C22H19ClF4N4O4/c1-11-3-5-13(19(17(11)24)35-21(33)22(25,26)27)20(32)30-12-4-6-16(34-8-7-28)14(9-12)18-15(23)10-29-31(18)2/h3-6,9-10H,7-8,28H2,1-2H3,(H,30,32). The van der Waals surface area contributed by atoms with Gasteiger partial charge in [0, 0.05) is 24.8 Å². The van der Waals surface area contributed by atoms with Gasteiger partial charge in [-0.05, 0) is 36.8 Å². The average molecular weight is 515 g/mol. The predicted octanol–water partition coefficient (Wildman–Crippen LogP) is 4.25. The van der Waals surface area contributed by atoms with Gasteiger partial charge in [0.2, 0.25) is 0 Å². The first kappa shape index (κ1) is 26.0. The maximum Gasteiger partial charge on any atom is 0.491 e. The van der Waals surface area contributed by atoms with Gasteiger partial charge in [0.1, 0.15) is 12.4 Å². The highest BCUT2D eigenvalue weighted by Gasteiger charge is 2.42. The fraction of sp³-hybridized carbons (Fsp3) is 0.227. The lowest BCUT2D eigenvalue weighted by Gasteiger charge is -2.16. The van der Waals surface area contributed by atoms with Crippen molar-refractivity contribution in [3.05, 3.63) is 58.5 Å². The second-order valence-corrected chi connectivity index (χ2v) is 7.63. The van der Waals surface area contributed by atoms with Crippen molar-refractivity contribution in [1.29, 1.82) is 0 Å². The van der Waals surface area contributed by atoms with Crippen molar-refractivity contribution in [3.63, 3.8) is 0 Å². The summed E-state index contributed by atoms with van der Waals surface area (Å²) in [5.41, 5.74) is 5.81. The van der Waals surface area contributed by atoms with Crippen molar-refractivity contribution >= 4 is 29.2 Å². The summed E-state index contributed by atoms with van der Waals surface area (Å²) in [5, 5.41) is 6.80. The molecule has 0 fully saturated rings. The number of aryl methyl sites for hydroxylation is 2. The van der Waals surface area contributed by atoms with E-state index in [0.717, 1.165) is 6.07 Å². The van der Waals surface area contributed by atoms with Crippen LogP contribution in [0, 0.1) is 12.7 Å². The average Bonchev–Trinajstić information content (AvgIpc) is 3.13. The van der Waals surface area contributed by atoms with Gasteiger partial charge < -0.3 is 20.5 Å². The SMILES string of the molecule is Cc1ccc(C(=O)Nc2ccc(OCCN)c(-c3c(Cl)cnn3C)c2)c(OC(=O)C(F)(F)F)c1F. The van der Waals surface area contributed by atoms with E-state index in [1.165, 1.54) is 42.1 Å². The number of esters is 1. The molecule has 0 saturated carbocycles. The van der Waals surface area contributed by atoms with E-state index in [0.29, 0.717) is 17.0 Å². The maximum absolute atomic E-state index is 14.5. The smallest absolute Gasteiger partial charge is 0.491 e. The summed E-state index contributed by atoms with van der Waals surface area (Å²) in [7, 11) is 1.63. The van der Waals surface area contributed by atoms with E-state index in [-0.39, 0.29) is 29.4 Å². The van der Waals surface area contributed by atoms with E-state index in [2.05, 4.69) is 15.2 Å². The number of alkyl halides is 3. The van der Waals surface area contributed by atoms with Gasteiger partial charge in [0.25, 0.3) is 5.91 Å². The van der Waals surface area contributed by atoms with Crippen LogP contribution in [0.1, 0.15) is 15.9 Å². The van der Waals surface area contributed by atoms with Crippen molar-refractivity contribution in [2.24, 2.45) is 12.8 Å². The number of halogens is 5. The molecule has 3 rings (SSSR count). The van der Waals surface area contributed by atoms with Crippen molar-refractivity contribution in [1.82, 2.24) is 9.78 Å². The molecule has 0 radical (unpaired) electrons. The quantitative estimate of drug-likeness (QED) is 0.277. The molecule has 0 spiro atoms. The van der Waals surface area contributed by atoms with Crippen LogP contribution in [0.4, 0.5) is 23.2 Å². The van der Waals surface area contributed by atoms with Crippen LogP contribution >= 0.6 is 11.6 Å². The van der Waals surface area contributed by atoms with E-state index in [1.807, 2.05) is 0 Å². The number of nitrogens with one attached hydrogen (secondary N) is 1. The third kappa shape index (κ3) is 5.72. The Morgan fingerprint density at radius 1 is 1.23 bits per heavy atom. The molecule has 2 aromatic carbocycles. The molecule has 3 N–H and O–H groups in total. The van der Waals surface area contributed by atoms with Gasteiger partial charge in [-0.3, -0.25) is 9.48 Å². The molecule has 0 aliphatic carbocycles. The molecule has 1 heterocycles. The molecular weight excluding hydrogens is 496 g/mol. The number of aromatic nitrogens is 2. The number of rotatable bonds is 7. The van der Waals surface area contributed by atoms with Gasteiger partial charge >= 0.3 is 12.1 Å². The molecule has 3 aromatic rings. The fourth-order valence-corrected chi connectivity index (χ4v) is 3.35. The van der Waals surface area contributed by atoms with E-state index in [4.69, 9.17) is 22.1 Å². The second kappa shape index (κ2) is 10.3. The molecular formula is C22H19ClF4N4O4. The number of hydrogen-bond acceptors (Lipinski definition) is 6. The van der Waals surface area contributed by atoms with Gasteiger partial charge in [0.15, 0.2) is 11.6 Å². The highest BCUT2D eigenvalue weighted by Crippen LogP contribution is 2.37. The van der Waals surface area contributed by atoms with E-state index >= 15 is 0 Å². The largest absolute Gasteiger partial charge is 0.492 e. The summed E-state index contributed by atoms with van der Waals surface area (Å²) >= 11 is 6.24. The van der Waals surface area contributed by atoms with Crippen molar-refractivity contribution < 1.29 is 36.6 Å². The molecule has 0 aliphatic heterocycles. The van der Waals surface area contributed by atoms with E-state index in [1.54, 1.807) is 7.05 Å². The van der Waals surface area contributed by atoms with Gasteiger partial charge in [-0.15, -0.1) is 0 Å². The second-order valence-electron chi connectivity index (χ2n) is 7.23. The van der Waals surface area contributed by atoms with E-state index < -0.39 is 35.2 Å². The molecule has 0 bridgehead atoms. The lowest BCUT2D eigenvalue weighted by molar-refractivity contribution is -0.189. The molecule has 0 unspecified atom stereocenters. The minimum absolute atomic E-state index is 0.124. The van der Waals surface area contributed by atoms with Gasteiger partial charge in [-0.2, -0.15) is 18.3 Å². The number of nitrogens with zero attached hydrogens (tertiary/aromatic N) is 2. The minimum Gasteiger partial charge on any atom is -0.492 e. The van der Waals surface area contributed by atoms with E-state index in [9.17, 15) is 27.2 Å². The molecule has 8 nitrogen and oxygen atoms in total. The molecule has 0 atom stereocenters. The summed E-state index contributed by atoms with van der Waals surface area (Å²) in [6, 6.07) is 6.66. The molecule has 0 aliphatic rings. The molecule has 1 amide bonds. The third-order valence-corrected chi connectivity index (χ3v) is 5.00. The Hall–Kier alpha value is -3.64. The van der Waals surface area contributed by atoms with Crippen LogP contribution in [0.2, 0.25) is 5.02 Å². The number of anilines is 1. The Kier molecular flexibility index (Phi) is 7.66. The van der Waals surface area contributed by atoms with Crippen molar-refractivity contribution in [2.75, 3.05) is 18.5 Å². The van der Waals surface area contributed by atoms with Crippen molar-refractivity contribution in [2.45, 2.75) is 13.1 Å². The predicted molar refractivity (Wildman–Crippen MR) is 119 cm³/mol. The molecule has 0 saturated heterocycles. The molecule has 1 aromatic heterocycles. The zero-order valence-electron chi connectivity index (χ0n) is 18.4. The lowest BCUT2D eigenvalue weighted by atomic mass is 10.1. The Balaban J connectivity index is 1.99. The Morgan fingerprint density at radius 3 is 2.54 bits per heavy atom. The third-order valence-electron chi connectivity index (χ3n) is 4.72. The Labute approximate surface area is 201 Å². The van der Waals surface area contributed by atoms with Crippen molar-refractivity contribution in [3.8, 4) is 22.8 Å². The summed E-state index contributed by atoms with van der Waals surface area (Å²) in [5.74, 6) is -5.72. The summed E-state index contributed by atoms with van der Waals surface area (Å²) in [4.78, 5) is 24.2. The normalized spacial score (nSPS) is 11.3. The maximum atomic E-state index is 14.5. The topological polar surface area (TPSA) is 108 Å². The molecule has 35 heavy (non-hydrogen) atoms. The number of carbonyl (C=O) groups is 2. The zero-order chi connectivity index (χ0) is 25.9.